The highest BCUT2D eigenvalue weighted by Gasteiger charge is 1.92. The van der Waals surface area contributed by atoms with Crippen LogP contribution in [0.2, 0.25) is 0 Å². The van der Waals surface area contributed by atoms with Gasteiger partial charge in [-0.3, -0.25) is 0 Å². The Bertz CT molecular complexity index is 56.9. The SMILES string of the molecule is CCCCN(C)CCBr. The number of alkyl halides is 1. The van der Waals surface area contributed by atoms with E-state index in [9.17, 15) is 0 Å². The minimum Gasteiger partial charge on any atom is -0.306 e. The van der Waals surface area contributed by atoms with E-state index in [2.05, 4.69) is 34.8 Å². The first kappa shape index (κ1) is 9.44. The van der Waals surface area contributed by atoms with Gasteiger partial charge >= 0.3 is 0 Å². The first-order chi connectivity index (χ1) is 4.31. The molecular weight excluding hydrogens is 178 g/mol. The molecule has 0 aromatic rings. The molecule has 2 heteroatoms. The topological polar surface area (TPSA) is 3.24 Å². The maximum atomic E-state index is 3.40. The summed E-state index contributed by atoms with van der Waals surface area (Å²) in [5, 5.41) is 1.09. The van der Waals surface area contributed by atoms with Gasteiger partial charge in [0.2, 0.25) is 0 Å². The van der Waals surface area contributed by atoms with Gasteiger partial charge in [0.15, 0.2) is 0 Å². The van der Waals surface area contributed by atoms with Crippen LogP contribution in [0.25, 0.3) is 0 Å². The second-order valence-electron chi connectivity index (χ2n) is 2.35. The summed E-state index contributed by atoms with van der Waals surface area (Å²) in [5.74, 6) is 0. The minimum atomic E-state index is 1.09. The molecule has 0 saturated carbocycles. The van der Waals surface area contributed by atoms with Gasteiger partial charge in [0, 0.05) is 11.9 Å². The number of hydrogen-bond donors (Lipinski definition) is 0. The fraction of sp³-hybridized carbons (Fsp3) is 1.00. The summed E-state index contributed by atoms with van der Waals surface area (Å²) < 4.78 is 0. The minimum absolute atomic E-state index is 1.09. The summed E-state index contributed by atoms with van der Waals surface area (Å²) in [6.45, 7) is 4.63. The lowest BCUT2D eigenvalue weighted by atomic mass is 10.3. The smallest absolute Gasteiger partial charge is 0.0159 e. The molecule has 0 bridgehead atoms. The van der Waals surface area contributed by atoms with Crippen molar-refractivity contribution in [2.75, 3.05) is 25.5 Å². The zero-order valence-corrected chi connectivity index (χ0v) is 7.95. The third-order valence-corrected chi connectivity index (χ3v) is 1.71. The zero-order chi connectivity index (χ0) is 7.11. The van der Waals surface area contributed by atoms with Crippen molar-refractivity contribution >= 4 is 15.9 Å². The Morgan fingerprint density at radius 2 is 2.00 bits per heavy atom. The third-order valence-electron chi connectivity index (χ3n) is 1.36. The molecule has 0 aromatic carbocycles. The van der Waals surface area contributed by atoms with Crippen molar-refractivity contribution in [2.24, 2.45) is 0 Å². The Balaban J connectivity index is 2.95. The molecule has 0 N–H and O–H groups in total. The molecule has 0 saturated heterocycles. The van der Waals surface area contributed by atoms with E-state index >= 15 is 0 Å². The van der Waals surface area contributed by atoms with Crippen molar-refractivity contribution in [3.8, 4) is 0 Å². The van der Waals surface area contributed by atoms with Crippen molar-refractivity contribution in [2.45, 2.75) is 19.8 Å². The van der Waals surface area contributed by atoms with Crippen LogP contribution in [-0.2, 0) is 0 Å². The molecule has 0 aromatic heterocycles. The second-order valence-corrected chi connectivity index (χ2v) is 3.14. The van der Waals surface area contributed by atoms with E-state index in [1.165, 1.54) is 25.9 Å². The summed E-state index contributed by atoms with van der Waals surface area (Å²) in [7, 11) is 2.16. The fourth-order valence-corrected chi connectivity index (χ4v) is 1.29. The number of halogens is 1. The van der Waals surface area contributed by atoms with E-state index in [-0.39, 0.29) is 0 Å². The average molecular weight is 194 g/mol. The molecular formula is C7H16BrN. The zero-order valence-electron chi connectivity index (χ0n) is 6.36. The predicted molar refractivity (Wildman–Crippen MR) is 46.2 cm³/mol. The van der Waals surface area contributed by atoms with Gasteiger partial charge in [-0.15, -0.1) is 0 Å². The highest BCUT2D eigenvalue weighted by atomic mass is 79.9. The molecule has 0 heterocycles. The van der Waals surface area contributed by atoms with E-state index in [1.807, 2.05) is 0 Å². The standard InChI is InChI=1S/C7H16BrN/c1-3-4-6-9(2)7-5-8/h3-7H2,1-2H3. The summed E-state index contributed by atoms with van der Waals surface area (Å²) in [6.07, 6.45) is 2.62. The Hall–Kier alpha value is 0.440. The highest BCUT2D eigenvalue weighted by molar-refractivity contribution is 9.09. The second kappa shape index (κ2) is 6.56. The molecule has 0 unspecified atom stereocenters. The van der Waals surface area contributed by atoms with Crippen molar-refractivity contribution in [1.29, 1.82) is 0 Å². The van der Waals surface area contributed by atoms with Crippen LogP contribution in [0.3, 0.4) is 0 Å². The van der Waals surface area contributed by atoms with E-state index in [4.69, 9.17) is 0 Å². The lowest BCUT2D eigenvalue weighted by Crippen LogP contribution is -2.21. The van der Waals surface area contributed by atoms with Gasteiger partial charge in [-0.05, 0) is 20.0 Å². The van der Waals surface area contributed by atoms with Crippen LogP contribution < -0.4 is 0 Å². The van der Waals surface area contributed by atoms with E-state index in [1.54, 1.807) is 0 Å². The maximum Gasteiger partial charge on any atom is 0.0159 e. The quantitative estimate of drug-likeness (QED) is 0.606. The molecule has 9 heavy (non-hydrogen) atoms. The van der Waals surface area contributed by atoms with Gasteiger partial charge in [-0.1, -0.05) is 29.3 Å². The molecule has 0 rings (SSSR count). The molecule has 0 aliphatic rings. The Kier molecular flexibility index (Phi) is 6.88. The first-order valence-corrected chi connectivity index (χ1v) is 4.68. The van der Waals surface area contributed by atoms with Crippen LogP contribution >= 0.6 is 15.9 Å². The highest BCUT2D eigenvalue weighted by Crippen LogP contribution is 1.92. The predicted octanol–water partition coefficient (Wildman–Crippen LogP) is 2.11. The van der Waals surface area contributed by atoms with Crippen LogP contribution in [0, 0.1) is 0 Å². The van der Waals surface area contributed by atoms with E-state index in [0.717, 1.165) is 5.33 Å². The summed E-state index contributed by atoms with van der Waals surface area (Å²) in [4.78, 5) is 2.35. The van der Waals surface area contributed by atoms with E-state index in [0.29, 0.717) is 0 Å². The normalized spacial score (nSPS) is 10.7. The Morgan fingerprint density at radius 1 is 1.33 bits per heavy atom. The van der Waals surface area contributed by atoms with E-state index < -0.39 is 0 Å². The monoisotopic (exact) mass is 193 g/mol. The van der Waals surface area contributed by atoms with Crippen LogP contribution in [0.5, 0.6) is 0 Å². The Labute approximate surface area is 66.6 Å². The molecule has 0 spiro atoms. The number of rotatable bonds is 5. The van der Waals surface area contributed by atoms with Gasteiger partial charge in [-0.2, -0.15) is 0 Å². The van der Waals surface area contributed by atoms with Crippen molar-refractivity contribution in [3.63, 3.8) is 0 Å². The number of nitrogens with zero attached hydrogens (tertiary/aromatic N) is 1. The van der Waals surface area contributed by atoms with Crippen molar-refractivity contribution in [1.82, 2.24) is 4.90 Å². The Morgan fingerprint density at radius 3 is 2.44 bits per heavy atom. The molecule has 0 radical (unpaired) electrons. The molecule has 0 amide bonds. The summed E-state index contributed by atoms with van der Waals surface area (Å²) in [5.41, 5.74) is 0. The van der Waals surface area contributed by atoms with Crippen LogP contribution in [-0.4, -0.2) is 30.4 Å². The largest absolute Gasteiger partial charge is 0.306 e. The summed E-state index contributed by atoms with van der Waals surface area (Å²) >= 11 is 3.40. The van der Waals surface area contributed by atoms with Gasteiger partial charge in [0.25, 0.3) is 0 Å². The number of hydrogen-bond acceptors (Lipinski definition) is 1. The van der Waals surface area contributed by atoms with Crippen molar-refractivity contribution in [3.05, 3.63) is 0 Å². The average Bonchev–Trinajstić information content (AvgIpc) is 1.85. The van der Waals surface area contributed by atoms with Gasteiger partial charge in [0.1, 0.15) is 0 Å². The molecule has 0 fully saturated rings. The fourth-order valence-electron chi connectivity index (χ4n) is 0.684. The maximum absolute atomic E-state index is 3.40. The molecule has 0 atom stereocenters. The van der Waals surface area contributed by atoms with Crippen LogP contribution in [0.1, 0.15) is 19.8 Å². The molecule has 56 valence electrons. The van der Waals surface area contributed by atoms with Crippen LogP contribution in [0.4, 0.5) is 0 Å². The van der Waals surface area contributed by atoms with Crippen LogP contribution in [0.15, 0.2) is 0 Å². The van der Waals surface area contributed by atoms with Gasteiger partial charge in [0.05, 0.1) is 0 Å². The first-order valence-electron chi connectivity index (χ1n) is 3.55. The summed E-state index contributed by atoms with van der Waals surface area (Å²) in [6, 6.07) is 0. The lowest BCUT2D eigenvalue weighted by molar-refractivity contribution is 0.349. The van der Waals surface area contributed by atoms with Gasteiger partial charge in [-0.25, -0.2) is 0 Å². The molecule has 0 aliphatic carbocycles. The number of unbranched alkanes of at least 4 members (excludes halogenated alkanes) is 1. The van der Waals surface area contributed by atoms with Gasteiger partial charge < -0.3 is 4.90 Å². The molecule has 1 nitrogen and oxygen atoms in total. The third kappa shape index (κ3) is 6.32. The molecule has 0 aliphatic heterocycles. The lowest BCUT2D eigenvalue weighted by Gasteiger charge is -2.13. The van der Waals surface area contributed by atoms with Crippen molar-refractivity contribution < 1.29 is 0 Å².